The fourth-order valence-corrected chi connectivity index (χ4v) is 9.85. The second-order valence-corrected chi connectivity index (χ2v) is 21.8. The Hall–Kier alpha value is -3.73. The van der Waals surface area contributed by atoms with Crippen LogP contribution in [-0.2, 0) is 0 Å². The van der Waals surface area contributed by atoms with Crippen LogP contribution in [0.5, 0.6) is 23.0 Å². The molecule has 0 saturated heterocycles. The van der Waals surface area contributed by atoms with Gasteiger partial charge in [0, 0.05) is 12.1 Å². The number of benzene rings is 2. The first-order valence-corrected chi connectivity index (χ1v) is 31.8. The van der Waals surface area contributed by atoms with E-state index in [1.165, 1.54) is 231 Å². The minimum absolute atomic E-state index is 0.735. The summed E-state index contributed by atoms with van der Waals surface area (Å²) in [5, 5.41) is 0. The summed E-state index contributed by atoms with van der Waals surface area (Å²) in [5.74, 6) is 3.53. The number of unbranched alkanes of at least 4 members (excludes halogenated alkanes) is 36. The molecule has 0 saturated carbocycles. The smallest absolute Gasteiger partial charge is 0.123 e. The highest BCUT2D eigenvalue weighted by Crippen LogP contribution is 2.28. The van der Waals surface area contributed by atoms with Crippen LogP contribution in [0.4, 0.5) is 0 Å². The summed E-state index contributed by atoms with van der Waals surface area (Å²) >= 11 is 0. The van der Waals surface area contributed by atoms with Crippen molar-refractivity contribution in [2.24, 2.45) is 0 Å². The van der Waals surface area contributed by atoms with Crippen molar-refractivity contribution in [3.8, 4) is 23.0 Å². The Balaban J connectivity index is 1.61. The molecule has 2 aromatic carbocycles. The highest BCUT2D eigenvalue weighted by atomic mass is 16.5. The van der Waals surface area contributed by atoms with E-state index in [1.807, 2.05) is 0 Å². The van der Waals surface area contributed by atoms with Gasteiger partial charge in [-0.25, -0.2) is 4.98 Å². The summed E-state index contributed by atoms with van der Waals surface area (Å²) in [5.41, 5.74) is 3.94. The predicted molar refractivity (Wildman–Crippen MR) is 324 cm³/mol. The normalized spacial score (nSPS) is 11.6. The molecule has 74 heavy (non-hydrogen) atoms. The van der Waals surface area contributed by atoms with E-state index in [4.69, 9.17) is 23.9 Å². The van der Waals surface area contributed by atoms with Crippen molar-refractivity contribution in [1.29, 1.82) is 0 Å². The van der Waals surface area contributed by atoms with E-state index in [0.717, 1.165) is 97.6 Å². The monoisotopic (exact) mass is 1020 g/mol. The van der Waals surface area contributed by atoms with E-state index in [-0.39, 0.29) is 0 Å². The number of hydrogen-bond acceptors (Lipinski definition) is 5. The highest BCUT2D eigenvalue weighted by Gasteiger charge is 2.07. The molecule has 0 fully saturated rings. The molecule has 0 spiro atoms. The van der Waals surface area contributed by atoms with Crippen LogP contribution in [0.25, 0.3) is 24.3 Å². The molecule has 0 atom stereocenters. The van der Waals surface area contributed by atoms with Gasteiger partial charge in [0.2, 0.25) is 0 Å². The maximum atomic E-state index is 6.39. The van der Waals surface area contributed by atoms with Crippen LogP contribution in [0.1, 0.15) is 307 Å². The predicted octanol–water partition coefficient (Wildman–Crippen LogP) is 22.6. The molecule has 3 rings (SSSR count). The fraction of sp³-hybridized carbons (Fsp3) is 0.696. The van der Waals surface area contributed by atoms with E-state index < -0.39 is 0 Å². The first kappa shape index (κ1) is 64.6. The number of ether oxygens (including phenoxy) is 4. The van der Waals surface area contributed by atoms with E-state index in [1.54, 1.807) is 0 Å². The Morgan fingerprint density at radius 3 is 0.716 bits per heavy atom. The number of pyridine rings is 1. The second-order valence-electron chi connectivity index (χ2n) is 21.8. The Morgan fingerprint density at radius 1 is 0.270 bits per heavy atom. The van der Waals surface area contributed by atoms with Crippen molar-refractivity contribution in [2.45, 2.75) is 285 Å². The van der Waals surface area contributed by atoms with E-state index in [9.17, 15) is 0 Å². The van der Waals surface area contributed by atoms with Crippen molar-refractivity contribution in [3.63, 3.8) is 0 Å². The molecule has 0 bridgehead atoms. The average molecular weight is 1020 g/mol. The summed E-state index contributed by atoms with van der Waals surface area (Å²) in [7, 11) is 0. The second kappa shape index (κ2) is 47.7. The fourth-order valence-electron chi connectivity index (χ4n) is 9.85. The number of rotatable bonds is 52. The third kappa shape index (κ3) is 36.3. The quantitative estimate of drug-likeness (QED) is 0.0528. The Labute approximate surface area is 457 Å². The zero-order valence-corrected chi connectivity index (χ0v) is 48.7. The van der Waals surface area contributed by atoms with Gasteiger partial charge >= 0.3 is 0 Å². The molecule has 1 aromatic heterocycles. The van der Waals surface area contributed by atoms with E-state index >= 15 is 0 Å². The number of nitrogens with zero attached hydrogens (tertiary/aromatic N) is 1. The van der Waals surface area contributed by atoms with Gasteiger partial charge in [0.25, 0.3) is 0 Å². The van der Waals surface area contributed by atoms with Crippen molar-refractivity contribution in [2.75, 3.05) is 26.4 Å². The lowest BCUT2D eigenvalue weighted by Gasteiger charge is -2.12. The Bertz CT molecular complexity index is 1570. The van der Waals surface area contributed by atoms with Crippen molar-refractivity contribution < 1.29 is 18.9 Å². The summed E-state index contributed by atoms with van der Waals surface area (Å²) in [6.45, 7) is 12.1. The average Bonchev–Trinajstić information content (AvgIpc) is 3.41. The molecule has 5 nitrogen and oxygen atoms in total. The van der Waals surface area contributed by atoms with Gasteiger partial charge in [-0.15, -0.1) is 0 Å². The molecule has 0 aliphatic rings. The maximum absolute atomic E-state index is 6.39. The molecule has 0 amide bonds. The molecule has 5 heteroatoms. The lowest BCUT2D eigenvalue weighted by Crippen LogP contribution is -2.01. The van der Waals surface area contributed by atoms with E-state index in [0.29, 0.717) is 0 Å². The molecule has 418 valence electrons. The zero-order valence-electron chi connectivity index (χ0n) is 48.7. The largest absolute Gasteiger partial charge is 0.493 e. The molecule has 0 aliphatic carbocycles. The summed E-state index contributed by atoms with van der Waals surface area (Å²) < 4.78 is 25.5. The van der Waals surface area contributed by atoms with Crippen molar-refractivity contribution >= 4 is 24.3 Å². The van der Waals surface area contributed by atoms with Gasteiger partial charge in [0.05, 0.1) is 37.8 Å². The highest BCUT2D eigenvalue weighted by molar-refractivity contribution is 5.72. The minimum Gasteiger partial charge on any atom is -0.493 e. The standard InChI is InChI=1S/C69H113NO4/c1-5-9-13-17-21-25-29-33-37-41-52-71-66-56-62(57-67(60-66)72-53-42-38-34-30-26-22-18-14-10-6-2)48-50-64-46-45-47-65(70-64)51-49-63-58-68(73-54-43-39-35-31-27-23-19-15-11-7-3)61-69(59-63)74-55-44-40-36-32-28-24-20-16-12-8-4/h45-51,56-61H,5-44,52-55H2,1-4H3/b50-48+,51-49+. The SMILES string of the molecule is CCCCCCCCCCCCOc1cc(/C=C/c2cccc(/C=C/c3cc(OCCCCCCCCCCCC)cc(OCCCCCCCCCCCC)c3)n2)cc(OCCCCCCCCCCCC)c1. The Morgan fingerprint density at radius 2 is 0.486 bits per heavy atom. The van der Waals surface area contributed by atoms with Gasteiger partial charge in [-0.1, -0.05) is 277 Å². The summed E-state index contributed by atoms with van der Waals surface area (Å²) in [4.78, 5) is 5.03. The summed E-state index contributed by atoms with van der Waals surface area (Å²) in [6.07, 6.45) is 61.2. The minimum atomic E-state index is 0.735. The van der Waals surface area contributed by atoms with Gasteiger partial charge < -0.3 is 18.9 Å². The van der Waals surface area contributed by atoms with Crippen LogP contribution in [-0.4, -0.2) is 31.4 Å². The molecule has 0 aliphatic heterocycles. The molecular formula is C69H113NO4. The van der Waals surface area contributed by atoms with Crippen LogP contribution < -0.4 is 18.9 Å². The van der Waals surface area contributed by atoms with Crippen LogP contribution in [0.15, 0.2) is 54.6 Å². The van der Waals surface area contributed by atoms with Crippen molar-refractivity contribution in [1.82, 2.24) is 4.98 Å². The van der Waals surface area contributed by atoms with Gasteiger partial charge in [-0.2, -0.15) is 0 Å². The van der Waals surface area contributed by atoms with E-state index in [2.05, 4.69) is 107 Å². The van der Waals surface area contributed by atoms with Gasteiger partial charge in [-0.3, -0.25) is 0 Å². The Kier molecular flexibility index (Phi) is 41.6. The molecule has 3 aromatic rings. The van der Waals surface area contributed by atoms with Gasteiger partial charge in [0.15, 0.2) is 0 Å². The van der Waals surface area contributed by atoms with Gasteiger partial charge in [0.1, 0.15) is 23.0 Å². The molecular weight excluding hydrogens is 907 g/mol. The van der Waals surface area contributed by atoms with Crippen LogP contribution in [0, 0.1) is 0 Å². The van der Waals surface area contributed by atoms with Crippen molar-refractivity contribution in [3.05, 3.63) is 77.1 Å². The molecule has 0 N–H and O–H groups in total. The summed E-state index contributed by atoms with van der Waals surface area (Å²) in [6, 6.07) is 19.0. The van der Waals surface area contributed by atoms with Crippen LogP contribution >= 0.6 is 0 Å². The first-order valence-electron chi connectivity index (χ1n) is 31.8. The number of aromatic nitrogens is 1. The molecule has 0 radical (unpaired) electrons. The maximum Gasteiger partial charge on any atom is 0.123 e. The third-order valence-corrected chi connectivity index (χ3v) is 14.6. The lowest BCUT2D eigenvalue weighted by atomic mass is 10.1. The van der Waals surface area contributed by atoms with Crippen LogP contribution in [0.3, 0.4) is 0 Å². The topological polar surface area (TPSA) is 49.8 Å². The van der Waals surface area contributed by atoms with Gasteiger partial charge in [-0.05, 0) is 85.4 Å². The van der Waals surface area contributed by atoms with Crippen LogP contribution in [0.2, 0.25) is 0 Å². The molecule has 0 unspecified atom stereocenters. The molecule has 1 heterocycles. The lowest BCUT2D eigenvalue weighted by molar-refractivity contribution is 0.289. The zero-order chi connectivity index (χ0) is 52.5. The number of hydrogen-bond donors (Lipinski definition) is 0. The first-order chi connectivity index (χ1) is 36.6. The third-order valence-electron chi connectivity index (χ3n) is 14.6.